The van der Waals surface area contributed by atoms with E-state index in [0.717, 1.165) is 14.7 Å². The van der Waals surface area contributed by atoms with Crippen molar-refractivity contribution in [2.75, 3.05) is 4.90 Å². The van der Waals surface area contributed by atoms with Crippen LogP contribution in [0.15, 0.2) is 82.1 Å². The highest BCUT2D eigenvalue weighted by Gasteiger charge is 2.37. The van der Waals surface area contributed by atoms with Gasteiger partial charge in [0.2, 0.25) is 0 Å². The zero-order valence-electron chi connectivity index (χ0n) is 16.8. The predicted octanol–water partition coefficient (Wildman–Crippen LogP) is 6.12. The summed E-state index contributed by atoms with van der Waals surface area (Å²) in [6, 6.07) is 19.1. The standard InChI is InChI=1S/C24H16Cl2N2O3S/c1-14-2-7-17(8-3-14)32-18-9-4-15(5-10-18)12-19-22(29)27-24(31)28(23(19)30)16-6-11-20(25)21(26)13-16/h2-13H,1H3,(H,27,29,31)/b19-12+. The van der Waals surface area contributed by atoms with Gasteiger partial charge in [0.15, 0.2) is 0 Å². The Bertz CT molecular complexity index is 1260. The van der Waals surface area contributed by atoms with Crippen LogP contribution >= 0.6 is 35.0 Å². The molecular formula is C24H16Cl2N2O3S. The minimum absolute atomic E-state index is 0.158. The molecule has 0 aliphatic carbocycles. The first-order chi connectivity index (χ1) is 15.3. The summed E-state index contributed by atoms with van der Waals surface area (Å²) in [5.41, 5.74) is 1.90. The second kappa shape index (κ2) is 9.20. The van der Waals surface area contributed by atoms with Crippen LogP contribution in [0.4, 0.5) is 10.5 Å². The van der Waals surface area contributed by atoms with Crippen LogP contribution in [0.25, 0.3) is 6.08 Å². The summed E-state index contributed by atoms with van der Waals surface area (Å²) in [6.07, 6.45) is 1.45. The number of halogens is 2. The molecule has 4 amide bonds. The molecule has 1 N–H and O–H groups in total. The van der Waals surface area contributed by atoms with Crippen LogP contribution in [0.1, 0.15) is 11.1 Å². The Hall–Kier alpha value is -3.06. The van der Waals surface area contributed by atoms with Gasteiger partial charge in [0.05, 0.1) is 15.7 Å². The zero-order chi connectivity index (χ0) is 22.8. The molecule has 3 aromatic rings. The Balaban J connectivity index is 1.58. The number of carbonyl (C=O) groups excluding carboxylic acids is 3. The molecule has 1 fully saturated rings. The molecule has 0 bridgehead atoms. The summed E-state index contributed by atoms with van der Waals surface area (Å²) in [4.78, 5) is 40.6. The third-order valence-electron chi connectivity index (χ3n) is 4.71. The van der Waals surface area contributed by atoms with Gasteiger partial charge in [-0.1, -0.05) is 64.8 Å². The number of carbonyl (C=O) groups is 3. The normalized spacial score (nSPS) is 15.3. The van der Waals surface area contributed by atoms with Gasteiger partial charge >= 0.3 is 6.03 Å². The number of nitrogens with zero attached hydrogens (tertiary/aromatic N) is 1. The number of nitrogens with one attached hydrogen (secondary N) is 1. The van der Waals surface area contributed by atoms with E-state index >= 15 is 0 Å². The number of hydrogen-bond acceptors (Lipinski definition) is 4. The fourth-order valence-electron chi connectivity index (χ4n) is 3.06. The van der Waals surface area contributed by atoms with Crippen molar-refractivity contribution in [3.8, 4) is 0 Å². The van der Waals surface area contributed by atoms with Crippen molar-refractivity contribution in [2.45, 2.75) is 16.7 Å². The van der Waals surface area contributed by atoms with E-state index in [9.17, 15) is 14.4 Å². The predicted molar refractivity (Wildman–Crippen MR) is 127 cm³/mol. The van der Waals surface area contributed by atoms with E-state index in [1.807, 2.05) is 31.2 Å². The number of aryl methyl sites for hydroxylation is 1. The smallest absolute Gasteiger partial charge is 0.273 e. The Morgan fingerprint density at radius 2 is 1.47 bits per heavy atom. The van der Waals surface area contributed by atoms with Crippen molar-refractivity contribution < 1.29 is 14.4 Å². The minimum Gasteiger partial charge on any atom is -0.273 e. The maximum Gasteiger partial charge on any atom is 0.335 e. The SMILES string of the molecule is Cc1ccc(Sc2ccc(/C=C3\C(=O)NC(=O)N(c4ccc(Cl)c(Cl)c4)C3=O)cc2)cc1. The molecule has 4 rings (SSSR count). The van der Waals surface area contributed by atoms with Crippen LogP contribution in [0.2, 0.25) is 10.0 Å². The maximum atomic E-state index is 13.0. The van der Waals surface area contributed by atoms with Gasteiger partial charge in [0.1, 0.15) is 5.57 Å². The molecule has 1 aliphatic heterocycles. The molecule has 0 saturated carbocycles. The molecule has 0 radical (unpaired) electrons. The topological polar surface area (TPSA) is 66.5 Å². The quantitative estimate of drug-likeness (QED) is 0.359. The van der Waals surface area contributed by atoms with Crippen LogP contribution in [0.5, 0.6) is 0 Å². The first-order valence-electron chi connectivity index (χ1n) is 9.53. The average Bonchev–Trinajstić information content (AvgIpc) is 2.76. The summed E-state index contributed by atoms with van der Waals surface area (Å²) in [7, 11) is 0. The van der Waals surface area contributed by atoms with E-state index in [2.05, 4.69) is 29.6 Å². The van der Waals surface area contributed by atoms with Crippen molar-refractivity contribution in [3.63, 3.8) is 0 Å². The van der Waals surface area contributed by atoms with Gasteiger partial charge in [0, 0.05) is 9.79 Å². The second-order valence-corrected chi connectivity index (χ2v) is 9.00. The van der Waals surface area contributed by atoms with Crippen LogP contribution < -0.4 is 10.2 Å². The monoisotopic (exact) mass is 482 g/mol. The molecule has 5 nitrogen and oxygen atoms in total. The lowest BCUT2D eigenvalue weighted by Crippen LogP contribution is -2.54. The van der Waals surface area contributed by atoms with Crippen molar-refractivity contribution in [1.29, 1.82) is 0 Å². The molecule has 1 heterocycles. The second-order valence-electron chi connectivity index (χ2n) is 7.04. The van der Waals surface area contributed by atoms with Crippen LogP contribution in [0.3, 0.4) is 0 Å². The van der Waals surface area contributed by atoms with E-state index < -0.39 is 17.8 Å². The summed E-state index contributed by atoms with van der Waals surface area (Å²) >= 11 is 13.5. The average molecular weight is 483 g/mol. The fraction of sp³-hybridized carbons (Fsp3) is 0.0417. The lowest BCUT2D eigenvalue weighted by atomic mass is 10.1. The van der Waals surface area contributed by atoms with E-state index in [0.29, 0.717) is 5.56 Å². The number of imide groups is 2. The molecule has 0 aromatic heterocycles. The largest absolute Gasteiger partial charge is 0.335 e. The minimum atomic E-state index is -0.847. The maximum absolute atomic E-state index is 13.0. The number of barbiturate groups is 1. The first kappa shape index (κ1) is 22.1. The van der Waals surface area contributed by atoms with E-state index in [1.165, 1.54) is 29.8 Å². The number of rotatable bonds is 4. The summed E-state index contributed by atoms with van der Waals surface area (Å²) in [5, 5.41) is 2.67. The van der Waals surface area contributed by atoms with Crippen LogP contribution in [-0.2, 0) is 9.59 Å². The summed E-state index contributed by atoms with van der Waals surface area (Å²) < 4.78 is 0. The van der Waals surface area contributed by atoms with Crippen molar-refractivity contribution in [1.82, 2.24) is 5.32 Å². The van der Waals surface area contributed by atoms with E-state index in [-0.39, 0.29) is 21.3 Å². The Labute approximate surface area is 199 Å². The number of hydrogen-bond donors (Lipinski definition) is 1. The van der Waals surface area contributed by atoms with E-state index in [1.54, 1.807) is 11.8 Å². The molecule has 0 atom stereocenters. The molecule has 3 aromatic carbocycles. The van der Waals surface area contributed by atoms with Crippen molar-refractivity contribution in [3.05, 3.63) is 93.5 Å². The molecule has 8 heteroatoms. The number of benzene rings is 3. The van der Waals surface area contributed by atoms with Gasteiger partial charge in [-0.25, -0.2) is 9.69 Å². The number of amides is 4. The summed E-state index contributed by atoms with van der Waals surface area (Å²) in [6.45, 7) is 2.04. The highest BCUT2D eigenvalue weighted by molar-refractivity contribution is 7.99. The van der Waals surface area contributed by atoms with Crippen LogP contribution in [0, 0.1) is 6.92 Å². The molecule has 32 heavy (non-hydrogen) atoms. The highest BCUT2D eigenvalue weighted by Crippen LogP contribution is 2.30. The molecular weight excluding hydrogens is 467 g/mol. The Morgan fingerprint density at radius 1 is 0.844 bits per heavy atom. The van der Waals surface area contributed by atoms with Gasteiger partial charge in [0.25, 0.3) is 11.8 Å². The molecule has 1 aliphatic rings. The molecule has 0 unspecified atom stereocenters. The van der Waals surface area contributed by atoms with Crippen molar-refractivity contribution in [2.24, 2.45) is 0 Å². The zero-order valence-corrected chi connectivity index (χ0v) is 19.1. The lowest BCUT2D eigenvalue weighted by molar-refractivity contribution is -0.122. The van der Waals surface area contributed by atoms with Gasteiger partial charge in [-0.15, -0.1) is 0 Å². The molecule has 1 saturated heterocycles. The third-order valence-corrected chi connectivity index (χ3v) is 6.47. The van der Waals surface area contributed by atoms with E-state index in [4.69, 9.17) is 23.2 Å². The number of anilines is 1. The van der Waals surface area contributed by atoms with Gasteiger partial charge in [-0.05, 0) is 61.0 Å². The summed E-state index contributed by atoms with van der Waals surface area (Å²) in [5.74, 6) is -1.50. The van der Waals surface area contributed by atoms with Crippen LogP contribution in [-0.4, -0.2) is 17.8 Å². The van der Waals surface area contributed by atoms with Crippen molar-refractivity contribution >= 4 is 64.6 Å². The van der Waals surface area contributed by atoms with Gasteiger partial charge < -0.3 is 0 Å². The third kappa shape index (κ3) is 4.72. The fourth-order valence-corrected chi connectivity index (χ4v) is 4.17. The highest BCUT2D eigenvalue weighted by atomic mass is 35.5. The first-order valence-corrected chi connectivity index (χ1v) is 11.1. The molecule has 160 valence electrons. The Morgan fingerprint density at radius 3 is 2.09 bits per heavy atom. The lowest BCUT2D eigenvalue weighted by Gasteiger charge is -2.26. The molecule has 0 spiro atoms. The Kier molecular flexibility index (Phi) is 6.37. The van der Waals surface area contributed by atoms with Gasteiger partial charge in [-0.2, -0.15) is 0 Å². The van der Waals surface area contributed by atoms with Gasteiger partial charge in [-0.3, -0.25) is 14.9 Å². The number of urea groups is 1.